The average Bonchev–Trinajstić information content (AvgIpc) is 3.24. The minimum Gasteiger partial charge on any atom is -0.335 e. The van der Waals surface area contributed by atoms with Gasteiger partial charge < -0.3 is 4.90 Å². The van der Waals surface area contributed by atoms with Crippen LogP contribution in [-0.4, -0.2) is 22.6 Å². The predicted molar refractivity (Wildman–Crippen MR) is 87.9 cm³/mol. The van der Waals surface area contributed by atoms with Gasteiger partial charge in [-0.15, -0.1) is 11.3 Å². The normalized spacial score (nSPS) is 13.8. The third kappa shape index (κ3) is 4.05. The number of Topliss-reactive ketones (excluding diaryl/α,β-unsaturated/α-hetero) is 1. The van der Waals surface area contributed by atoms with E-state index in [-0.39, 0.29) is 42.9 Å². The molecule has 0 spiro atoms. The summed E-state index contributed by atoms with van der Waals surface area (Å²) in [6, 6.07) is 10.3. The van der Waals surface area contributed by atoms with Crippen LogP contribution in [-0.2, 0) is 11.3 Å². The second-order valence-electron chi connectivity index (χ2n) is 5.74. The topological polar surface area (TPSA) is 37.4 Å². The number of thiophene rings is 1. The smallest absolute Gasteiger partial charge is 0.223 e. The Morgan fingerprint density at radius 1 is 1.13 bits per heavy atom. The third-order valence-electron chi connectivity index (χ3n) is 3.97. The van der Waals surface area contributed by atoms with E-state index in [0.29, 0.717) is 10.4 Å². The van der Waals surface area contributed by atoms with E-state index in [1.807, 2.05) is 11.4 Å². The van der Waals surface area contributed by atoms with Gasteiger partial charge in [-0.25, -0.2) is 4.39 Å². The van der Waals surface area contributed by atoms with Gasteiger partial charge in [-0.1, -0.05) is 24.3 Å². The minimum atomic E-state index is -0.291. The minimum absolute atomic E-state index is 0.00464. The number of amides is 1. The third-order valence-corrected chi connectivity index (χ3v) is 4.88. The molecule has 120 valence electrons. The van der Waals surface area contributed by atoms with Crippen molar-refractivity contribution in [3.8, 4) is 0 Å². The molecule has 1 heterocycles. The van der Waals surface area contributed by atoms with Gasteiger partial charge in [-0.3, -0.25) is 9.59 Å². The highest BCUT2D eigenvalue weighted by Crippen LogP contribution is 2.29. The Balaban J connectivity index is 1.61. The van der Waals surface area contributed by atoms with Crippen LogP contribution in [0.4, 0.5) is 4.39 Å². The van der Waals surface area contributed by atoms with E-state index in [1.54, 1.807) is 29.2 Å². The first kappa shape index (κ1) is 15.9. The maximum atomic E-state index is 13.8. The highest BCUT2D eigenvalue weighted by atomic mass is 32.1. The van der Waals surface area contributed by atoms with E-state index < -0.39 is 0 Å². The summed E-state index contributed by atoms with van der Waals surface area (Å²) in [6.07, 6.45) is 2.31. The molecule has 3 rings (SSSR count). The van der Waals surface area contributed by atoms with Gasteiger partial charge in [0.15, 0.2) is 5.78 Å². The maximum Gasteiger partial charge on any atom is 0.223 e. The summed E-state index contributed by atoms with van der Waals surface area (Å²) in [5, 5.41) is 1.85. The molecule has 1 aromatic carbocycles. The lowest BCUT2D eigenvalue weighted by molar-refractivity contribution is -0.132. The van der Waals surface area contributed by atoms with Gasteiger partial charge in [0.1, 0.15) is 5.82 Å². The Bertz CT molecular complexity index is 695. The Hall–Kier alpha value is -2.01. The summed E-state index contributed by atoms with van der Waals surface area (Å²) in [6.45, 7) is 0.281. The average molecular weight is 331 g/mol. The Labute approximate surface area is 138 Å². The molecule has 0 bridgehead atoms. The Morgan fingerprint density at radius 2 is 1.91 bits per heavy atom. The molecule has 1 fully saturated rings. The zero-order valence-corrected chi connectivity index (χ0v) is 13.5. The van der Waals surface area contributed by atoms with Crippen molar-refractivity contribution in [1.82, 2.24) is 4.90 Å². The molecule has 0 aliphatic heterocycles. The number of carbonyl (C=O) groups is 2. The van der Waals surface area contributed by atoms with Crippen LogP contribution >= 0.6 is 11.3 Å². The second kappa shape index (κ2) is 7.04. The number of hydrogen-bond donors (Lipinski definition) is 0. The van der Waals surface area contributed by atoms with Crippen LogP contribution in [0.2, 0.25) is 0 Å². The van der Waals surface area contributed by atoms with Gasteiger partial charge in [0.05, 0.1) is 4.88 Å². The first-order valence-corrected chi connectivity index (χ1v) is 8.62. The summed E-state index contributed by atoms with van der Waals surface area (Å²) in [4.78, 5) is 26.9. The molecule has 0 N–H and O–H groups in total. The van der Waals surface area contributed by atoms with Crippen molar-refractivity contribution in [2.45, 2.75) is 38.3 Å². The zero-order valence-electron chi connectivity index (χ0n) is 12.7. The number of carbonyl (C=O) groups excluding carboxylic acids is 2. The number of halogens is 1. The lowest BCUT2D eigenvalue weighted by Crippen LogP contribution is -2.33. The number of nitrogens with zero attached hydrogens (tertiary/aromatic N) is 1. The van der Waals surface area contributed by atoms with E-state index in [4.69, 9.17) is 0 Å². The highest BCUT2D eigenvalue weighted by molar-refractivity contribution is 7.12. The molecule has 2 aromatic rings. The molecule has 0 unspecified atom stereocenters. The number of rotatable bonds is 7. The lowest BCUT2D eigenvalue weighted by Gasteiger charge is -2.22. The summed E-state index contributed by atoms with van der Waals surface area (Å²) in [5.41, 5.74) is 0.525. The van der Waals surface area contributed by atoms with Crippen LogP contribution in [0.1, 0.15) is 40.9 Å². The molecule has 1 aromatic heterocycles. The van der Waals surface area contributed by atoms with E-state index in [0.717, 1.165) is 12.8 Å². The first-order chi connectivity index (χ1) is 11.1. The molecule has 1 aliphatic carbocycles. The Morgan fingerprint density at radius 3 is 2.57 bits per heavy atom. The Kier molecular flexibility index (Phi) is 4.86. The lowest BCUT2D eigenvalue weighted by atomic mass is 10.1. The van der Waals surface area contributed by atoms with Crippen LogP contribution in [0.25, 0.3) is 0 Å². The fraction of sp³-hybridized carbons (Fsp3) is 0.333. The van der Waals surface area contributed by atoms with Crippen molar-refractivity contribution in [2.24, 2.45) is 0 Å². The standard InChI is InChI=1S/C18H18FNO2S/c19-15-5-2-1-4-13(15)12-20(14-7-8-14)18(22)10-9-16(21)17-6-3-11-23-17/h1-6,11,14H,7-10,12H2. The van der Waals surface area contributed by atoms with Crippen molar-refractivity contribution < 1.29 is 14.0 Å². The molecule has 23 heavy (non-hydrogen) atoms. The summed E-state index contributed by atoms with van der Waals surface area (Å²) < 4.78 is 13.8. The largest absolute Gasteiger partial charge is 0.335 e. The zero-order chi connectivity index (χ0) is 16.2. The van der Waals surface area contributed by atoms with E-state index in [1.165, 1.54) is 17.4 Å². The van der Waals surface area contributed by atoms with Crippen molar-refractivity contribution >= 4 is 23.0 Å². The molecule has 0 saturated heterocycles. The molecular weight excluding hydrogens is 313 g/mol. The maximum absolute atomic E-state index is 13.8. The van der Waals surface area contributed by atoms with E-state index in [9.17, 15) is 14.0 Å². The molecule has 0 radical (unpaired) electrons. The molecule has 0 atom stereocenters. The van der Waals surface area contributed by atoms with Crippen LogP contribution in [0.5, 0.6) is 0 Å². The van der Waals surface area contributed by atoms with Gasteiger partial charge in [-0.2, -0.15) is 0 Å². The molecule has 1 aliphatic rings. The number of benzene rings is 1. The van der Waals surface area contributed by atoms with Crippen molar-refractivity contribution in [1.29, 1.82) is 0 Å². The van der Waals surface area contributed by atoms with E-state index in [2.05, 4.69) is 0 Å². The predicted octanol–water partition coefficient (Wildman–Crippen LogP) is 4.04. The van der Waals surface area contributed by atoms with Crippen LogP contribution in [0.15, 0.2) is 41.8 Å². The second-order valence-corrected chi connectivity index (χ2v) is 6.69. The van der Waals surface area contributed by atoms with Crippen LogP contribution in [0, 0.1) is 5.82 Å². The number of hydrogen-bond acceptors (Lipinski definition) is 3. The van der Waals surface area contributed by atoms with Gasteiger partial charge in [0.2, 0.25) is 5.91 Å². The van der Waals surface area contributed by atoms with Crippen molar-refractivity contribution in [3.05, 3.63) is 58.0 Å². The molecular formula is C18H18FNO2S. The molecule has 1 amide bonds. The van der Waals surface area contributed by atoms with Gasteiger partial charge >= 0.3 is 0 Å². The van der Waals surface area contributed by atoms with Gasteiger partial charge in [0, 0.05) is 31.0 Å². The molecule has 5 heteroatoms. The summed E-state index contributed by atoms with van der Waals surface area (Å²) in [7, 11) is 0. The highest BCUT2D eigenvalue weighted by Gasteiger charge is 2.32. The van der Waals surface area contributed by atoms with Crippen molar-refractivity contribution in [2.75, 3.05) is 0 Å². The van der Waals surface area contributed by atoms with Crippen molar-refractivity contribution in [3.63, 3.8) is 0 Å². The fourth-order valence-corrected chi connectivity index (χ4v) is 3.24. The molecule has 3 nitrogen and oxygen atoms in total. The monoisotopic (exact) mass is 331 g/mol. The fourth-order valence-electron chi connectivity index (χ4n) is 2.54. The van der Waals surface area contributed by atoms with Gasteiger partial charge in [0.25, 0.3) is 0 Å². The SMILES string of the molecule is O=C(CCC(=O)N(Cc1ccccc1F)C1CC1)c1cccs1. The van der Waals surface area contributed by atoms with Crippen LogP contribution in [0.3, 0.4) is 0 Å². The van der Waals surface area contributed by atoms with Gasteiger partial charge in [-0.05, 0) is 30.4 Å². The van der Waals surface area contributed by atoms with Crippen LogP contribution < -0.4 is 0 Å². The quantitative estimate of drug-likeness (QED) is 0.718. The molecule has 1 saturated carbocycles. The first-order valence-electron chi connectivity index (χ1n) is 7.74. The summed E-state index contributed by atoms with van der Waals surface area (Å²) in [5.74, 6) is -0.365. The number of ketones is 1. The summed E-state index contributed by atoms with van der Waals surface area (Å²) >= 11 is 1.39. The van der Waals surface area contributed by atoms with E-state index >= 15 is 0 Å².